The van der Waals surface area contributed by atoms with E-state index in [0.717, 1.165) is 11.8 Å². The van der Waals surface area contributed by atoms with Crippen molar-refractivity contribution in [3.63, 3.8) is 0 Å². The molecule has 0 unspecified atom stereocenters. The Kier molecular flexibility index (Phi) is 4.10. The summed E-state index contributed by atoms with van der Waals surface area (Å²) in [7, 11) is 0. The Hall–Kier alpha value is -1.57. The lowest BCUT2D eigenvalue weighted by Gasteiger charge is -1.94. The number of primary amides is 1. The van der Waals surface area contributed by atoms with Crippen molar-refractivity contribution in [3.8, 4) is 0 Å². The summed E-state index contributed by atoms with van der Waals surface area (Å²) in [4.78, 5) is 21.5. The standard InChI is InChI=1S/C7H9N3O4S/c1-2-13-6(12)5-9-10-7(14-5)15-3-4(8)11/h2-3H2,1H3,(H2,8,11). The first kappa shape index (κ1) is 11.5. The van der Waals surface area contributed by atoms with Gasteiger partial charge >= 0.3 is 11.9 Å². The number of nitrogens with zero attached hydrogens (tertiary/aromatic N) is 2. The number of carbonyl (C=O) groups is 2. The van der Waals surface area contributed by atoms with Gasteiger partial charge in [0.1, 0.15) is 0 Å². The normalized spacial score (nSPS) is 9.93. The molecule has 0 aromatic carbocycles. The number of hydrogen-bond donors (Lipinski definition) is 1. The van der Waals surface area contributed by atoms with Gasteiger partial charge in [-0.15, -0.1) is 5.10 Å². The lowest BCUT2D eigenvalue weighted by atomic mass is 10.7. The summed E-state index contributed by atoms with van der Waals surface area (Å²) in [6.45, 7) is 1.89. The molecular formula is C7H9N3O4S. The monoisotopic (exact) mass is 231 g/mol. The van der Waals surface area contributed by atoms with Crippen LogP contribution in [0.25, 0.3) is 0 Å². The predicted molar refractivity (Wildman–Crippen MR) is 50.2 cm³/mol. The van der Waals surface area contributed by atoms with E-state index in [9.17, 15) is 9.59 Å². The number of thioether (sulfide) groups is 1. The summed E-state index contributed by atoms with van der Waals surface area (Å²) < 4.78 is 9.54. The van der Waals surface area contributed by atoms with E-state index < -0.39 is 11.9 Å². The van der Waals surface area contributed by atoms with Crippen LogP contribution in [0.2, 0.25) is 0 Å². The molecule has 0 spiro atoms. The molecule has 1 heterocycles. The van der Waals surface area contributed by atoms with Crippen LogP contribution in [-0.2, 0) is 9.53 Å². The van der Waals surface area contributed by atoms with E-state index in [1.165, 1.54) is 0 Å². The topological polar surface area (TPSA) is 108 Å². The molecule has 1 amide bonds. The highest BCUT2D eigenvalue weighted by Gasteiger charge is 2.16. The molecule has 1 rings (SSSR count). The van der Waals surface area contributed by atoms with E-state index in [1.54, 1.807) is 6.92 Å². The molecule has 2 N–H and O–H groups in total. The maximum absolute atomic E-state index is 11.1. The van der Waals surface area contributed by atoms with E-state index in [4.69, 9.17) is 10.2 Å². The molecule has 0 aliphatic rings. The second-order valence-corrected chi connectivity index (χ2v) is 3.28. The summed E-state index contributed by atoms with van der Waals surface area (Å²) in [5.41, 5.74) is 4.91. The highest BCUT2D eigenvalue weighted by molar-refractivity contribution is 7.99. The van der Waals surface area contributed by atoms with Crippen LogP contribution in [0.1, 0.15) is 17.6 Å². The van der Waals surface area contributed by atoms with Crippen molar-refractivity contribution < 1.29 is 18.7 Å². The Bertz CT molecular complexity index is 365. The van der Waals surface area contributed by atoms with Crippen molar-refractivity contribution in [3.05, 3.63) is 5.89 Å². The molecule has 0 fully saturated rings. The number of carbonyl (C=O) groups excluding carboxylic acids is 2. The molecule has 82 valence electrons. The lowest BCUT2D eigenvalue weighted by molar-refractivity contribution is -0.115. The highest BCUT2D eigenvalue weighted by Crippen LogP contribution is 2.15. The van der Waals surface area contributed by atoms with Crippen LogP contribution in [0.15, 0.2) is 9.64 Å². The minimum Gasteiger partial charge on any atom is -0.459 e. The number of aromatic nitrogens is 2. The number of nitrogens with two attached hydrogens (primary N) is 1. The maximum Gasteiger partial charge on any atom is 0.396 e. The van der Waals surface area contributed by atoms with Gasteiger partial charge in [0.05, 0.1) is 12.4 Å². The smallest absolute Gasteiger partial charge is 0.396 e. The Morgan fingerprint density at radius 3 is 2.87 bits per heavy atom. The molecule has 0 saturated heterocycles. The molecule has 0 atom stereocenters. The van der Waals surface area contributed by atoms with Crippen LogP contribution in [-0.4, -0.2) is 34.4 Å². The number of hydrogen-bond acceptors (Lipinski definition) is 7. The Morgan fingerprint density at radius 1 is 1.53 bits per heavy atom. The van der Waals surface area contributed by atoms with Crippen LogP contribution in [0.4, 0.5) is 0 Å². The molecule has 0 aliphatic heterocycles. The summed E-state index contributed by atoms with van der Waals surface area (Å²) in [6, 6.07) is 0. The third-order valence-electron chi connectivity index (χ3n) is 1.19. The zero-order valence-electron chi connectivity index (χ0n) is 7.93. The summed E-state index contributed by atoms with van der Waals surface area (Å²) in [5.74, 6) is -1.40. The van der Waals surface area contributed by atoms with Gasteiger partial charge in [-0.25, -0.2) is 4.79 Å². The third kappa shape index (κ3) is 3.58. The van der Waals surface area contributed by atoms with Crippen molar-refractivity contribution in [1.82, 2.24) is 10.2 Å². The van der Waals surface area contributed by atoms with Gasteiger partial charge in [0, 0.05) is 0 Å². The van der Waals surface area contributed by atoms with Gasteiger partial charge in [-0.2, -0.15) is 0 Å². The van der Waals surface area contributed by atoms with Crippen molar-refractivity contribution in [2.75, 3.05) is 12.4 Å². The second-order valence-electron chi connectivity index (χ2n) is 2.35. The highest BCUT2D eigenvalue weighted by atomic mass is 32.2. The fraction of sp³-hybridized carbons (Fsp3) is 0.429. The largest absolute Gasteiger partial charge is 0.459 e. The van der Waals surface area contributed by atoms with E-state index >= 15 is 0 Å². The quantitative estimate of drug-likeness (QED) is 0.553. The van der Waals surface area contributed by atoms with Gasteiger partial charge in [0.2, 0.25) is 5.91 Å². The Balaban J connectivity index is 2.56. The predicted octanol–water partition coefficient (Wildman–Crippen LogP) is -0.176. The van der Waals surface area contributed by atoms with Gasteiger partial charge in [-0.3, -0.25) is 4.79 Å². The molecule has 0 saturated carbocycles. The SMILES string of the molecule is CCOC(=O)c1nnc(SCC(N)=O)o1. The van der Waals surface area contributed by atoms with E-state index in [-0.39, 0.29) is 23.5 Å². The molecule has 1 aromatic heterocycles. The first-order valence-electron chi connectivity index (χ1n) is 4.05. The average molecular weight is 231 g/mol. The van der Waals surface area contributed by atoms with E-state index in [1.807, 2.05) is 0 Å². The van der Waals surface area contributed by atoms with Crippen molar-refractivity contribution in [1.29, 1.82) is 0 Å². The Morgan fingerprint density at radius 2 is 2.27 bits per heavy atom. The van der Waals surface area contributed by atoms with Crippen LogP contribution in [0, 0.1) is 0 Å². The fourth-order valence-corrected chi connectivity index (χ4v) is 1.18. The number of rotatable bonds is 5. The first-order chi connectivity index (χ1) is 7.13. The molecule has 0 bridgehead atoms. The van der Waals surface area contributed by atoms with Crippen molar-refractivity contribution in [2.24, 2.45) is 5.73 Å². The van der Waals surface area contributed by atoms with Gasteiger partial charge in [-0.1, -0.05) is 16.9 Å². The molecule has 15 heavy (non-hydrogen) atoms. The lowest BCUT2D eigenvalue weighted by Crippen LogP contribution is -2.12. The molecule has 7 nitrogen and oxygen atoms in total. The van der Waals surface area contributed by atoms with Gasteiger partial charge in [-0.05, 0) is 6.92 Å². The van der Waals surface area contributed by atoms with Crippen LogP contribution >= 0.6 is 11.8 Å². The van der Waals surface area contributed by atoms with Crippen LogP contribution in [0.5, 0.6) is 0 Å². The minimum atomic E-state index is -0.684. The van der Waals surface area contributed by atoms with Crippen LogP contribution < -0.4 is 5.73 Å². The summed E-state index contributed by atoms with van der Waals surface area (Å²) in [5, 5.41) is 7.09. The summed E-state index contributed by atoms with van der Waals surface area (Å²) in [6.07, 6.45) is 0. The maximum atomic E-state index is 11.1. The van der Waals surface area contributed by atoms with Crippen molar-refractivity contribution in [2.45, 2.75) is 12.1 Å². The van der Waals surface area contributed by atoms with E-state index in [2.05, 4.69) is 14.9 Å². The van der Waals surface area contributed by atoms with Gasteiger partial charge in [0.25, 0.3) is 5.22 Å². The zero-order chi connectivity index (χ0) is 11.3. The number of esters is 1. The average Bonchev–Trinajstić information content (AvgIpc) is 2.63. The number of ether oxygens (including phenoxy) is 1. The molecule has 8 heteroatoms. The second kappa shape index (κ2) is 5.35. The third-order valence-corrected chi connectivity index (χ3v) is 2.04. The molecule has 1 aromatic rings. The number of amides is 1. The molecule has 0 radical (unpaired) electrons. The molecular weight excluding hydrogens is 222 g/mol. The Labute approximate surface area is 89.4 Å². The van der Waals surface area contributed by atoms with Crippen molar-refractivity contribution >= 4 is 23.6 Å². The van der Waals surface area contributed by atoms with Gasteiger partial charge < -0.3 is 14.9 Å². The van der Waals surface area contributed by atoms with E-state index in [0.29, 0.717) is 0 Å². The van der Waals surface area contributed by atoms with Gasteiger partial charge in [0.15, 0.2) is 0 Å². The molecule has 0 aliphatic carbocycles. The first-order valence-corrected chi connectivity index (χ1v) is 5.03. The fourth-order valence-electron chi connectivity index (χ4n) is 0.676. The van der Waals surface area contributed by atoms with Crippen LogP contribution in [0.3, 0.4) is 0 Å². The minimum absolute atomic E-state index is 0.0183. The zero-order valence-corrected chi connectivity index (χ0v) is 8.74. The summed E-state index contributed by atoms with van der Waals surface area (Å²) >= 11 is 0.962.